The Kier molecular flexibility index (Phi) is 6.83. The van der Waals surface area contributed by atoms with Crippen LogP contribution in [0.25, 0.3) is 55.6 Å². The van der Waals surface area contributed by atoms with E-state index in [9.17, 15) is 5.11 Å². The van der Waals surface area contributed by atoms with Crippen LogP contribution < -0.4 is 0 Å². The van der Waals surface area contributed by atoms with Crippen molar-refractivity contribution >= 4 is 90.7 Å². The molecule has 3 aromatic heterocycles. The van der Waals surface area contributed by atoms with Crippen molar-refractivity contribution in [3.8, 4) is 39.5 Å². The maximum atomic E-state index is 10.2. The molecule has 6 aromatic rings. The second-order valence-electron chi connectivity index (χ2n) is 7.91. The Morgan fingerprint density at radius 2 is 1.21 bits per heavy atom. The van der Waals surface area contributed by atoms with Gasteiger partial charge in [0.15, 0.2) is 0 Å². The molecule has 0 fully saturated rings. The van der Waals surface area contributed by atoms with Crippen LogP contribution in [0.1, 0.15) is 0 Å². The summed E-state index contributed by atoms with van der Waals surface area (Å²) in [5.41, 5.74) is 6.98. The first-order valence-corrected chi connectivity index (χ1v) is 10.8. The minimum atomic E-state index is 0. The van der Waals surface area contributed by atoms with Crippen LogP contribution in [0.15, 0.2) is 109 Å². The molecule has 158 valence electrons. The molecule has 0 bridgehead atoms. The first kappa shape index (κ1) is 23.2. The van der Waals surface area contributed by atoms with Gasteiger partial charge in [-0.05, 0) is 42.5 Å². The molecular weight excluding hydrogens is 539 g/mol. The number of phenolic OH excluding ortho intramolecular Hbond substituents is 1. The van der Waals surface area contributed by atoms with Crippen molar-refractivity contribution in [2.45, 2.75) is 0 Å². The van der Waals surface area contributed by atoms with Crippen molar-refractivity contribution < 1.29 is 5.11 Å². The Balaban J connectivity index is 0.00000241. The molecule has 1 N–H and O–H groups in total. The summed E-state index contributed by atoms with van der Waals surface area (Å²) >= 11 is 0. The molecule has 0 aliphatic carbocycles. The van der Waals surface area contributed by atoms with Gasteiger partial charge in [-0.25, -0.2) is 9.97 Å². The molecule has 0 aliphatic heterocycles. The van der Waals surface area contributed by atoms with Crippen LogP contribution in [-0.2, 0) is 0 Å². The quantitative estimate of drug-likeness (QED) is 0.261. The zero-order valence-corrected chi connectivity index (χ0v) is 17.7. The monoisotopic (exact) mass is 559 g/mol. The first-order chi connectivity index (χ1) is 16.3. The molecule has 0 amide bonds. The average molecular weight is 559 g/mol. The van der Waals surface area contributed by atoms with E-state index in [-0.39, 0.29) is 74.6 Å². The molecule has 0 saturated carbocycles. The standard InChI is InChI=1S/C29H19N3O.Cs.H/c33-27-12-2-1-9-23(27)26-11-4-10-24(31-26)21-6-3-7-22(18-21)25-16-15-20-14-13-19-8-5-17-30-28(19)29(20)32-25;;/h1-18,33H;;. The fourth-order valence-corrected chi connectivity index (χ4v) is 4.16. The molecule has 4 nitrogen and oxygen atoms in total. The summed E-state index contributed by atoms with van der Waals surface area (Å²) in [6.45, 7) is 0. The van der Waals surface area contributed by atoms with Gasteiger partial charge >= 0.3 is 68.9 Å². The maximum absolute atomic E-state index is 10.2. The molecule has 5 heteroatoms. The van der Waals surface area contributed by atoms with Gasteiger partial charge in [-0.1, -0.05) is 60.7 Å². The summed E-state index contributed by atoms with van der Waals surface area (Å²) in [4.78, 5) is 14.3. The number of nitrogens with zero attached hydrogens (tertiary/aromatic N) is 3. The van der Waals surface area contributed by atoms with Crippen LogP contribution in [-0.4, -0.2) is 89.0 Å². The van der Waals surface area contributed by atoms with Gasteiger partial charge in [-0.2, -0.15) is 0 Å². The Morgan fingerprint density at radius 1 is 0.529 bits per heavy atom. The molecular formula is C29H20CsN3O. The van der Waals surface area contributed by atoms with E-state index in [2.05, 4.69) is 41.4 Å². The summed E-state index contributed by atoms with van der Waals surface area (Å²) in [5, 5.41) is 12.4. The van der Waals surface area contributed by atoms with Crippen LogP contribution in [0, 0.1) is 0 Å². The van der Waals surface area contributed by atoms with Crippen LogP contribution in [0.2, 0.25) is 0 Å². The number of pyridine rings is 3. The molecule has 34 heavy (non-hydrogen) atoms. The SMILES string of the molecule is Oc1ccccc1-c1cccc(-c2cccc(-c3ccc4ccc5cccnc5c4n3)c2)n1.[CsH]. The van der Waals surface area contributed by atoms with Gasteiger partial charge in [0.25, 0.3) is 0 Å². The predicted molar refractivity (Wildman–Crippen MR) is 140 cm³/mol. The molecule has 0 radical (unpaired) electrons. The average Bonchev–Trinajstić information content (AvgIpc) is 2.89. The van der Waals surface area contributed by atoms with E-state index < -0.39 is 0 Å². The first-order valence-electron chi connectivity index (χ1n) is 10.8. The molecule has 0 atom stereocenters. The third-order valence-electron chi connectivity index (χ3n) is 5.82. The molecule has 6 rings (SSSR count). The Labute approximate surface area is 256 Å². The number of aromatic hydroxyl groups is 1. The van der Waals surface area contributed by atoms with Crippen molar-refractivity contribution in [1.82, 2.24) is 15.0 Å². The topological polar surface area (TPSA) is 58.9 Å². The van der Waals surface area contributed by atoms with Gasteiger partial charge < -0.3 is 5.11 Å². The fourth-order valence-electron chi connectivity index (χ4n) is 4.16. The van der Waals surface area contributed by atoms with Gasteiger partial charge in [-0.15, -0.1) is 0 Å². The van der Waals surface area contributed by atoms with E-state index in [0.29, 0.717) is 5.56 Å². The van der Waals surface area contributed by atoms with Crippen LogP contribution in [0.5, 0.6) is 5.75 Å². The number of fused-ring (bicyclic) bond motifs is 3. The Bertz CT molecular complexity index is 1650. The number of benzene rings is 3. The summed E-state index contributed by atoms with van der Waals surface area (Å²) in [6, 6.07) is 33.6. The van der Waals surface area contributed by atoms with E-state index in [1.54, 1.807) is 18.3 Å². The van der Waals surface area contributed by atoms with Gasteiger partial charge in [0.05, 0.1) is 28.1 Å². The molecule has 0 aliphatic rings. The summed E-state index contributed by atoms with van der Waals surface area (Å²) in [7, 11) is 0. The Hall–Kier alpha value is -2.52. The van der Waals surface area contributed by atoms with Gasteiger partial charge in [0, 0.05) is 33.7 Å². The van der Waals surface area contributed by atoms with E-state index in [1.165, 1.54) is 0 Å². The number of phenols is 1. The second kappa shape index (κ2) is 10.00. The van der Waals surface area contributed by atoms with Crippen LogP contribution in [0.3, 0.4) is 0 Å². The van der Waals surface area contributed by atoms with Crippen molar-refractivity contribution in [3.05, 3.63) is 109 Å². The molecule has 0 unspecified atom stereocenters. The molecule has 0 spiro atoms. The van der Waals surface area contributed by atoms with E-state index >= 15 is 0 Å². The van der Waals surface area contributed by atoms with Crippen LogP contribution in [0.4, 0.5) is 0 Å². The minimum absolute atomic E-state index is 0. The molecule has 3 aromatic carbocycles. The number of hydrogen-bond donors (Lipinski definition) is 1. The zero-order chi connectivity index (χ0) is 22.2. The number of aromatic nitrogens is 3. The third-order valence-corrected chi connectivity index (χ3v) is 5.82. The third kappa shape index (κ3) is 4.43. The summed E-state index contributed by atoms with van der Waals surface area (Å²) in [5.74, 6) is 0.220. The zero-order valence-electron chi connectivity index (χ0n) is 17.7. The van der Waals surface area contributed by atoms with Crippen molar-refractivity contribution in [1.29, 1.82) is 0 Å². The fraction of sp³-hybridized carbons (Fsp3) is 0. The van der Waals surface area contributed by atoms with E-state index in [0.717, 1.165) is 50.0 Å². The van der Waals surface area contributed by atoms with Crippen LogP contribution >= 0.6 is 0 Å². The normalized spacial score (nSPS) is 10.8. The van der Waals surface area contributed by atoms with E-state index in [4.69, 9.17) is 9.97 Å². The number of hydrogen-bond acceptors (Lipinski definition) is 4. The summed E-state index contributed by atoms with van der Waals surface area (Å²) in [6.07, 6.45) is 1.81. The van der Waals surface area contributed by atoms with E-state index in [1.807, 2.05) is 54.6 Å². The van der Waals surface area contributed by atoms with Crippen molar-refractivity contribution in [2.75, 3.05) is 0 Å². The van der Waals surface area contributed by atoms with Gasteiger partial charge in [0.2, 0.25) is 0 Å². The predicted octanol–water partition coefficient (Wildman–Crippen LogP) is 6.24. The van der Waals surface area contributed by atoms with Gasteiger partial charge in [0.1, 0.15) is 5.75 Å². The molecule has 0 saturated heterocycles. The number of rotatable bonds is 3. The number of para-hydroxylation sites is 1. The van der Waals surface area contributed by atoms with Crippen molar-refractivity contribution in [3.63, 3.8) is 0 Å². The summed E-state index contributed by atoms with van der Waals surface area (Å²) < 4.78 is 0. The van der Waals surface area contributed by atoms with Crippen molar-refractivity contribution in [2.24, 2.45) is 0 Å². The molecule has 3 heterocycles. The Morgan fingerprint density at radius 3 is 2.03 bits per heavy atom. The second-order valence-corrected chi connectivity index (χ2v) is 7.91. The van der Waals surface area contributed by atoms with Gasteiger partial charge in [-0.3, -0.25) is 4.98 Å².